The summed E-state index contributed by atoms with van der Waals surface area (Å²) in [6.07, 6.45) is 0.324. The van der Waals surface area contributed by atoms with E-state index < -0.39 is 0 Å². The maximum Gasteiger partial charge on any atom is 0.251 e. The van der Waals surface area contributed by atoms with E-state index in [0.29, 0.717) is 18.5 Å². The number of ether oxygens (including phenoxy) is 1. The average Bonchev–Trinajstić information content (AvgIpc) is 2.79. The maximum atomic E-state index is 12.5. The van der Waals surface area contributed by atoms with E-state index in [1.165, 1.54) is 11.1 Å². The molecule has 0 radical (unpaired) electrons. The molecule has 0 spiro atoms. The molecule has 1 aliphatic heterocycles. The molecule has 2 aromatic carbocycles. The third-order valence-electron chi connectivity index (χ3n) is 5.93. The van der Waals surface area contributed by atoms with Gasteiger partial charge in [-0.15, -0.1) is 12.4 Å². The molecular weight excluding hydrogens is 438 g/mol. The van der Waals surface area contributed by atoms with Crippen molar-refractivity contribution in [1.82, 2.24) is 15.1 Å². The summed E-state index contributed by atoms with van der Waals surface area (Å²) in [5.74, 6) is 0.818. The number of benzene rings is 2. The lowest BCUT2D eigenvalue weighted by molar-refractivity contribution is -0.132. The molecule has 2 aromatic rings. The summed E-state index contributed by atoms with van der Waals surface area (Å²) in [6, 6.07) is 15.8. The Hall–Kier alpha value is -2.57. The van der Waals surface area contributed by atoms with Gasteiger partial charge in [-0.1, -0.05) is 45.0 Å². The number of nitrogens with zero attached hydrogens (tertiary/aromatic N) is 2. The second-order valence-electron chi connectivity index (χ2n) is 9.34. The molecular formula is C26H36ClN3O3. The average molecular weight is 474 g/mol. The van der Waals surface area contributed by atoms with Gasteiger partial charge in [-0.05, 0) is 40.8 Å². The van der Waals surface area contributed by atoms with Crippen LogP contribution in [0.15, 0.2) is 48.5 Å². The Kier molecular flexibility index (Phi) is 9.74. The van der Waals surface area contributed by atoms with Crippen molar-refractivity contribution >= 4 is 24.2 Å². The number of amides is 2. The van der Waals surface area contributed by atoms with Crippen LogP contribution in [0, 0.1) is 0 Å². The minimum absolute atomic E-state index is 0. The fourth-order valence-corrected chi connectivity index (χ4v) is 3.81. The summed E-state index contributed by atoms with van der Waals surface area (Å²) in [6.45, 7) is 10.8. The topological polar surface area (TPSA) is 61.9 Å². The van der Waals surface area contributed by atoms with Gasteiger partial charge in [0.2, 0.25) is 5.91 Å². The summed E-state index contributed by atoms with van der Waals surface area (Å²) in [4.78, 5) is 29.2. The molecule has 0 aliphatic carbocycles. The molecule has 0 aromatic heterocycles. The van der Waals surface area contributed by atoms with Crippen molar-refractivity contribution in [1.29, 1.82) is 0 Å². The second-order valence-corrected chi connectivity index (χ2v) is 9.34. The maximum absolute atomic E-state index is 12.5. The Balaban J connectivity index is 0.00000385. The third kappa shape index (κ3) is 7.76. The van der Waals surface area contributed by atoms with Gasteiger partial charge in [-0.25, -0.2) is 0 Å². The monoisotopic (exact) mass is 473 g/mol. The Morgan fingerprint density at radius 1 is 0.939 bits per heavy atom. The van der Waals surface area contributed by atoms with Crippen LogP contribution in [0.3, 0.4) is 0 Å². The number of hydrogen-bond donors (Lipinski definition) is 1. The summed E-state index contributed by atoms with van der Waals surface area (Å²) in [7, 11) is 1.67. The van der Waals surface area contributed by atoms with E-state index >= 15 is 0 Å². The van der Waals surface area contributed by atoms with Crippen LogP contribution < -0.4 is 10.1 Å². The third-order valence-corrected chi connectivity index (χ3v) is 5.93. The summed E-state index contributed by atoms with van der Waals surface area (Å²) < 4.78 is 5.20. The van der Waals surface area contributed by atoms with Crippen molar-refractivity contribution in [2.24, 2.45) is 0 Å². The van der Waals surface area contributed by atoms with Crippen molar-refractivity contribution in [3.8, 4) is 5.75 Å². The molecule has 7 heteroatoms. The molecule has 3 rings (SSSR count). The predicted octanol–water partition coefficient (Wildman–Crippen LogP) is 3.88. The molecule has 1 aliphatic rings. The molecule has 0 saturated carbocycles. The highest BCUT2D eigenvalue weighted by Gasteiger charge is 2.21. The van der Waals surface area contributed by atoms with Crippen LogP contribution in [-0.4, -0.2) is 61.4 Å². The molecule has 1 saturated heterocycles. The largest absolute Gasteiger partial charge is 0.497 e. The summed E-state index contributed by atoms with van der Waals surface area (Å²) >= 11 is 0. The highest BCUT2D eigenvalue weighted by molar-refractivity contribution is 5.94. The molecule has 1 heterocycles. The number of methoxy groups -OCH3 is 1. The number of hydrogen-bond acceptors (Lipinski definition) is 4. The molecule has 0 unspecified atom stereocenters. The van der Waals surface area contributed by atoms with Gasteiger partial charge in [-0.3, -0.25) is 14.5 Å². The fourth-order valence-electron chi connectivity index (χ4n) is 3.81. The SMILES string of the molecule is COc1ccc(CN2CCN(C(=O)CCNC(=O)c3ccc(C(C)(C)C)cc3)CC2)cc1.Cl. The van der Waals surface area contributed by atoms with E-state index in [4.69, 9.17) is 4.74 Å². The number of nitrogens with one attached hydrogen (secondary N) is 1. The van der Waals surface area contributed by atoms with E-state index in [-0.39, 0.29) is 29.6 Å². The Morgan fingerprint density at radius 2 is 1.55 bits per heavy atom. The van der Waals surface area contributed by atoms with Gasteiger partial charge in [0.1, 0.15) is 5.75 Å². The van der Waals surface area contributed by atoms with Gasteiger partial charge < -0.3 is 15.0 Å². The number of piperazine rings is 1. The number of rotatable bonds is 7. The molecule has 0 bridgehead atoms. The summed E-state index contributed by atoms with van der Waals surface area (Å²) in [5.41, 5.74) is 3.11. The van der Waals surface area contributed by atoms with Gasteiger partial charge in [0, 0.05) is 51.3 Å². The van der Waals surface area contributed by atoms with Crippen molar-refractivity contribution in [2.45, 2.75) is 39.2 Å². The Bertz CT molecular complexity index is 900. The minimum Gasteiger partial charge on any atom is -0.497 e. The second kappa shape index (κ2) is 12.1. The predicted molar refractivity (Wildman–Crippen MR) is 134 cm³/mol. The lowest BCUT2D eigenvalue weighted by Crippen LogP contribution is -2.48. The van der Waals surface area contributed by atoms with Gasteiger partial charge in [-0.2, -0.15) is 0 Å². The molecule has 180 valence electrons. The minimum atomic E-state index is -0.137. The van der Waals surface area contributed by atoms with Crippen LogP contribution in [0.1, 0.15) is 48.7 Å². The Labute approximate surface area is 203 Å². The van der Waals surface area contributed by atoms with Crippen molar-refractivity contribution in [3.63, 3.8) is 0 Å². The standard InChI is InChI=1S/C26H35N3O3.ClH/c1-26(2,3)22-9-7-21(8-10-22)25(31)27-14-13-24(30)29-17-15-28(16-18-29)19-20-5-11-23(32-4)12-6-20;/h5-12H,13-19H2,1-4H3,(H,27,31);1H. The van der Waals surface area contributed by atoms with Crippen LogP contribution in [0.25, 0.3) is 0 Å². The van der Waals surface area contributed by atoms with Crippen LogP contribution in [-0.2, 0) is 16.8 Å². The van der Waals surface area contributed by atoms with Crippen LogP contribution in [0.5, 0.6) is 5.75 Å². The van der Waals surface area contributed by atoms with Gasteiger partial charge in [0.25, 0.3) is 5.91 Å². The molecule has 6 nitrogen and oxygen atoms in total. The Morgan fingerprint density at radius 3 is 2.09 bits per heavy atom. The highest BCUT2D eigenvalue weighted by Crippen LogP contribution is 2.22. The highest BCUT2D eigenvalue weighted by atomic mass is 35.5. The van der Waals surface area contributed by atoms with Gasteiger partial charge in [0.15, 0.2) is 0 Å². The molecule has 1 N–H and O–H groups in total. The van der Waals surface area contributed by atoms with Crippen molar-refractivity contribution in [3.05, 3.63) is 65.2 Å². The van der Waals surface area contributed by atoms with E-state index in [1.54, 1.807) is 7.11 Å². The summed E-state index contributed by atoms with van der Waals surface area (Å²) in [5, 5.41) is 2.87. The first-order valence-corrected chi connectivity index (χ1v) is 11.3. The van der Waals surface area contributed by atoms with Crippen molar-refractivity contribution in [2.75, 3.05) is 39.8 Å². The zero-order valence-electron chi connectivity index (χ0n) is 20.1. The van der Waals surface area contributed by atoms with E-state index in [9.17, 15) is 9.59 Å². The zero-order chi connectivity index (χ0) is 23.1. The van der Waals surface area contributed by atoms with Crippen LogP contribution >= 0.6 is 12.4 Å². The first-order valence-electron chi connectivity index (χ1n) is 11.3. The fraction of sp³-hybridized carbons (Fsp3) is 0.462. The van der Waals surface area contributed by atoms with E-state index in [2.05, 4.69) is 43.1 Å². The van der Waals surface area contributed by atoms with Gasteiger partial charge >= 0.3 is 0 Å². The van der Waals surface area contributed by atoms with E-state index in [0.717, 1.165) is 38.5 Å². The molecule has 33 heavy (non-hydrogen) atoms. The first kappa shape index (κ1) is 26.7. The number of halogens is 1. The lowest BCUT2D eigenvalue weighted by Gasteiger charge is -2.34. The number of carbonyl (C=O) groups is 2. The van der Waals surface area contributed by atoms with Crippen LogP contribution in [0.4, 0.5) is 0 Å². The quantitative estimate of drug-likeness (QED) is 0.663. The first-order chi connectivity index (χ1) is 15.3. The molecule has 1 fully saturated rings. The zero-order valence-corrected chi connectivity index (χ0v) is 20.9. The normalized spacial score (nSPS) is 14.4. The van der Waals surface area contributed by atoms with Crippen molar-refractivity contribution < 1.29 is 14.3 Å². The van der Waals surface area contributed by atoms with Crippen LogP contribution in [0.2, 0.25) is 0 Å². The smallest absolute Gasteiger partial charge is 0.251 e. The molecule has 0 atom stereocenters. The lowest BCUT2D eigenvalue weighted by atomic mass is 9.87. The molecule has 2 amide bonds. The van der Waals surface area contributed by atoms with E-state index in [1.807, 2.05) is 41.3 Å². The number of carbonyl (C=O) groups excluding carboxylic acids is 2. The van der Waals surface area contributed by atoms with Gasteiger partial charge in [0.05, 0.1) is 7.11 Å².